The average molecular weight is 332 g/mol. The first-order chi connectivity index (χ1) is 11.4. The second-order valence-electron chi connectivity index (χ2n) is 8.13. The number of carbonyl (C=O) groups excluding carboxylic acids is 1. The lowest BCUT2D eigenvalue weighted by Crippen LogP contribution is -2.23. The topological polar surface area (TPSA) is 54.4 Å². The number of rotatable bonds is 6. The summed E-state index contributed by atoms with van der Waals surface area (Å²) in [5.74, 6) is -1.10. The number of hydrogen-bond acceptors (Lipinski definition) is 2. The normalized spacial score (nSPS) is 22.4. The Kier molecular flexibility index (Phi) is 6.82. The smallest absolute Gasteiger partial charge is 0.310 e. The van der Waals surface area contributed by atoms with Gasteiger partial charge in [0.25, 0.3) is 0 Å². The number of hydrogen-bond donors (Lipinski definition) is 1. The number of allylic oxidation sites excluding steroid dienone is 3. The van der Waals surface area contributed by atoms with Crippen LogP contribution in [-0.2, 0) is 9.59 Å². The molecule has 0 aromatic heterocycles. The first kappa shape index (κ1) is 19.0. The van der Waals surface area contributed by atoms with E-state index < -0.39 is 11.9 Å². The van der Waals surface area contributed by atoms with Crippen LogP contribution in [0.3, 0.4) is 0 Å². The van der Waals surface area contributed by atoms with Crippen molar-refractivity contribution in [1.82, 2.24) is 0 Å². The van der Waals surface area contributed by atoms with Crippen molar-refractivity contribution in [3.05, 3.63) is 23.8 Å². The Hall–Kier alpha value is -1.38. The molecular formula is C21H32O3. The van der Waals surface area contributed by atoms with Gasteiger partial charge in [-0.05, 0) is 67.9 Å². The molecule has 1 fully saturated rings. The number of carboxylic acid groups (broad SMARTS) is 1. The quantitative estimate of drug-likeness (QED) is 0.671. The molecule has 1 saturated carbocycles. The summed E-state index contributed by atoms with van der Waals surface area (Å²) < 4.78 is 0. The maximum Gasteiger partial charge on any atom is 0.310 e. The molecule has 2 aliphatic rings. The van der Waals surface area contributed by atoms with Gasteiger partial charge in [0.1, 0.15) is 0 Å². The monoisotopic (exact) mass is 332 g/mol. The van der Waals surface area contributed by atoms with Gasteiger partial charge in [-0.25, -0.2) is 0 Å². The van der Waals surface area contributed by atoms with E-state index in [9.17, 15) is 14.7 Å². The van der Waals surface area contributed by atoms with Gasteiger partial charge in [0.05, 0.1) is 5.92 Å². The fraction of sp³-hybridized carbons (Fsp3) is 0.714. The molecule has 0 bridgehead atoms. The lowest BCUT2D eigenvalue weighted by atomic mass is 9.69. The molecule has 0 radical (unpaired) electrons. The summed E-state index contributed by atoms with van der Waals surface area (Å²) in [4.78, 5) is 23.8. The Bertz CT molecular complexity index is 507. The summed E-state index contributed by atoms with van der Waals surface area (Å²) in [6.45, 7) is 4.01. The minimum atomic E-state index is -0.844. The first-order valence-electron chi connectivity index (χ1n) is 9.56. The highest BCUT2D eigenvalue weighted by atomic mass is 16.4. The van der Waals surface area contributed by atoms with E-state index in [-0.39, 0.29) is 5.78 Å². The van der Waals surface area contributed by atoms with Gasteiger partial charge >= 0.3 is 5.97 Å². The molecular weight excluding hydrogens is 300 g/mol. The van der Waals surface area contributed by atoms with Crippen molar-refractivity contribution in [1.29, 1.82) is 0 Å². The highest BCUT2D eigenvalue weighted by molar-refractivity contribution is 6.04. The third kappa shape index (κ3) is 5.32. The van der Waals surface area contributed by atoms with Gasteiger partial charge < -0.3 is 5.11 Å². The molecule has 3 nitrogen and oxygen atoms in total. The zero-order valence-electron chi connectivity index (χ0n) is 15.2. The van der Waals surface area contributed by atoms with Crippen molar-refractivity contribution in [2.24, 2.45) is 17.3 Å². The minimum Gasteiger partial charge on any atom is -0.481 e. The number of carbonyl (C=O) groups is 2. The van der Waals surface area contributed by atoms with Gasteiger partial charge in [-0.1, -0.05) is 45.3 Å². The van der Waals surface area contributed by atoms with Crippen LogP contribution in [0.1, 0.15) is 78.1 Å². The summed E-state index contributed by atoms with van der Waals surface area (Å²) in [6.07, 6.45) is 16.6. The first-order valence-corrected chi connectivity index (χ1v) is 9.56. The van der Waals surface area contributed by atoms with Crippen molar-refractivity contribution in [2.45, 2.75) is 78.1 Å². The van der Waals surface area contributed by atoms with Crippen LogP contribution >= 0.6 is 0 Å². The summed E-state index contributed by atoms with van der Waals surface area (Å²) in [5, 5.41) is 9.28. The van der Waals surface area contributed by atoms with Crippen LogP contribution in [0.25, 0.3) is 0 Å². The Balaban J connectivity index is 1.95. The molecule has 1 N–H and O–H groups in total. The summed E-state index contributed by atoms with van der Waals surface area (Å²) in [7, 11) is 0. The van der Waals surface area contributed by atoms with E-state index in [2.05, 4.69) is 6.08 Å². The zero-order valence-corrected chi connectivity index (χ0v) is 15.2. The molecule has 2 rings (SSSR count). The van der Waals surface area contributed by atoms with Crippen molar-refractivity contribution < 1.29 is 14.7 Å². The van der Waals surface area contributed by atoms with Crippen molar-refractivity contribution >= 4 is 11.8 Å². The second kappa shape index (κ2) is 8.64. The third-order valence-electron chi connectivity index (χ3n) is 5.74. The molecule has 1 unspecified atom stereocenters. The van der Waals surface area contributed by atoms with Gasteiger partial charge in [0.15, 0.2) is 5.78 Å². The van der Waals surface area contributed by atoms with E-state index in [0.717, 1.165) is 24.8 Å². The number of carboxylic acids is 1. The molecule has 1 spiro atoms. The molecule has 134 valence electrons. The summed E-state index contributed by atoms with van der Waals surface area (Å²) in [6, 6.07) is 0. The Morgan fingerprint density at radius 1 is 1.17 bits per heavy atom. The van der Waals surface area contributed by atoms with Crippen LogP contribution in [0.5, 0.6) is 0 Å². The Morgan fingerprint density at radius 2 is 1.88 bits per heavy atom. The maximum absolute atomic E-state index is 12.5. The second-order valence-corrected chi connectivity index (χ2v) is 8.13. The van der Waals surface area contributed by atoms with Crippen molar-refractivity contribution in [3.8, 4) is 0 Å². The predicted octanol–water partition coefficient (Wildman–Crippen LogP) is 5.31. The molecule has 3 heteroatoms. The van der Waals surface area contributed by atoms with E-state index in [4.69, 9.17) is 0 Å². The van der Waals surface area contributed by atoms with Crippen LogP contribution < -0.4 is 0 Å². The SMILES string of the molecule is CC(C)CC(/C=C/C(=O)C1=CCCC2(CCCCC2)CC1)C(=O)O. The minimum absolute atomic E-state index is 0.0119. The Labute approximate surface area is 146 Å². The van der Waals surface area contributed by atoms with Crippen LogP contribution in [0, 0.1) is 17.3 Å². The third-order valence-corrected chi connectivity index (χ3v) is 5.74. The van der Waals surface area contributed by atoms with Gasteiger partial charge in [-0.15, -0.1) is 0 Å². The van der Waals surface area contributed by atoms with Crippen LogP contribution in [-0.4, -0.2) is 16.9 Å². The van der Waals surface area contributed by atoms with Gasteiger partial charge in [-0.3, -0.25) is 9.59 Å². The maximum atomic E-state index is 12.5. The highest BCUT2D eigenvalue weighted by Gasteiger charge is 2.33. The highest BCUT2D eigenvalue weighted by Crippen LogP contribution is 2.46. The van der Waals surface area contributed by atoms with Gasteiger partial charge in [0, 0.05) is 0 Å². The molecule has 0 aromatic carbocycles. The summed E-state index contributed by atoms with van der Waals surface area (Å²) >= 11 is 0. The van der Waals surface area contributed by atoms with Crippen LogP contribution in [0.15, 0.2) is 23.8 Å². The van der Waals surface area contributed by atoms with E-state index >= 15 is 0 Å². The molecule has 24 heavy (non-hydrogen) atoms. The molecule has 0 amide bonds. The lowest BCUT2D eigenvalue weighted by molar-refractivity contribution is -0.140. The number of ketones is 1. The fourth-order valence-electron chi connectivity index (χ4n) is 4.29. The zero-order chi connectivity index (χ0) is 17.6. The molecule has 0 heterocycles. The van der Waals surface area contributed by atoms with Crippen LogP contribution in [0.4, 0.5) is 0 Å². The molecule has 1 atom stereocenters. The predicted molar refractivity (Wildman–Crippen MR) is 96.8 cm³/mol. The van der Waals surface area contributed by atoms with E-state index in [1.54, 1.807) is 6.08 Å². The van der Waals surface area contributed by atoms with Gasteiger partial charge in [0.2, 0.25) is 0 Å². The van der Waals surface area contributed by atoms with E-state index in [1.807, 2.05) is 13.8 Å². The van der Waals surface area contributed by atoms with Gasteiger partial charge in [-0.2, -0.15) is 0 Å². The summed E-state index contributed by atoms with van der Waals surface area (Å²) in [5.41, 5.74) is 1.35. The molecule has 0 aromatic rings. The Morgan fingerprint density at radius 3 is 2.50 bits per heavy atom. The largest absolute Gasteiger partial charge is 0.481 e. The van der Waals surface area contributed by atoms with Crippen molar-refractivity contribution in [2.75, 3.05) is 0 Å². The molecule has 0 saturated heterocycles. The van der Waals surface area contributed by atoms with E-state index in [1.165, 1.54) is 44.6 Å². The van der Waals surface area contributed by atoms with Crippen molar-refractivity contribution in [3.63, 3.8) is 0 Å². The fourth-order valence-corrected chi connectivity index (χ4v) is 4.29. The lowest BCUT2D eigenvalue weighted by Gasteiger charge is -2.36. The van der Waals surface area contributed by atoms with E-state index in [0.29, 0.717) is 17.8 Å². The van der Waals surface area contributed by atoms with Crippen LogP contribution in [0.2, 0.25) is 0 Å². The molecule has 2 aliphatic carbocycles. The molecule has 0 aliphatic heterocycles. The average Bonchev–Trinajstić information content (AvgIpc) is 2.74. The number of aliphatic carboxylic acids is 1. The standard InChI is InChI=1S/C21H32O3/c1-16(2)15-18(20(23)24)8-9-19(22)17-7-6-13-21(14-10-17)11-4-3-5-12-21/h7-9,16,18H,3-6,10-15H2,1-2H3,(H,23,24)/b9-8+.